The lowest BCUT2D eigenvalue weighted by atomic mass is 10.2. The zero-order valence-corrected chi connectivity index (χ0v) is 13.5. The molecule has 0 aromatic heterocycles. The van der Waals surface area contributed by atoms with E-state index >= 15 is 0 Å². The minimum Gasteiger partial charge on any atom is -0.496 e. The van der Waals surface area contributed by atoms with Crippen LogP contribution in [0.3, 0.4) is 0 Å². The predicted octanol–water partition coefficient (Wildman–Crippen LogP) is 3.90. The van der Waals surface area contributed by atoms with Gasteiger partial charge in [-0.25, -0.2) is 4.79 Å². The van der Waals surface area contributed by atoms with Crippen molar-refractivity contribution in [2.75, 3.05) is 13.7 Å². The van der Waals surface area contributed by atoms with Crippen LogP contribution in [0.2, 0.25) is 0 Å². The molecule has 2 aromatic rings. The highest BCUT2D eigenvalue weighted by molar-refractivity contribution is 5.76. The average molecular weight is 310 g/mol. The van der Waals surface area contributed by atoms with E-state index in [1.54, 1.807) is 18.2 Å². The van der Waals surface area contributed by atoms with Gasteiger partial charge in [-0.2, -0.15) is 0 Å². The van der Waals surface area contributed by atoms with E-state index in [2.05, 4.69) is 5.32 Å². The van der Waals surface area contributed by atoms with Crippen LogP contribution in [-0.2, 0) is 6.54 Å². The average Bonchev–Trinajstić information content (AvgIpc) is 2.60. The lowest BCUT2D eigenvalue weighted by Gasteiger charge is -2.20. The molecule has 4 nitrogen and oxygen atoms in total. The van der Waals surface area contributed by atoms with E-state index in [9.17, 15) is 4.79 Å². The Morgan fingerprint density at radius 3 is 2.52 bits per heavy atom. The first-order valence-corrected chi connectivity index (χ1v) is 7.63. The fourth-order valence-corrected chi connectivity index (χ4v) is 2.23. The van der Waals surface area contributed by atoms with Gasteiger partial charge in [0.1, 0.15) is 5.75 Å². The van der Waals surface area contributed by atoms with Crippen LogP contribution >= 0.6 is 0 Å². The number of nitrogens with zero attached hydrogens (tertiary/aromatic N) is 1. The second-order valence-electron chi connectivity index (χ2n) is 5.02. The third-order valence-corrected chi connectivity index (χ3v) is 3.49. The van der Waals surface area contributed by atoms with Crippen molar-refractivity contribution in [1.29, 1.82) is 0 Å². The van der Waals surface area contributed by atoms with E-state index in [0.29, 0.717) is 13.1 Å². The van der Waals surface area contributed by atoms with Gasteiger partial charge in [0.2, 0.25) is 0 Å². The third-order valence-electron chi connectivity index (χ3n) is 3.49. The minimum atomic E-state index is -0.123. The van der Waals surface area contributed by atoms with Crippen molar-refractivity contribution in [2.24, 2.45) is 0 Å². The van der Waals surface area contributed by atoms with Crippen LogP contribution in [0.25, 0.3) is 6.08 Å². The Hall–Kier alpha value is -2.75. The molecule has 2 aromatic carbocycles. The Labute approximate surface area is 137 Å². The van der Waals surface area contributed by atoms with E-state index in [0.717, 1.165) is 16.9 Å². The molecule has 0 aliphatic heterocycles. The first-order chi connectivity index (χ1) is 11.2. The summed E-state index contributed by atoms with van der Waals surface area (Å²) in [6.07, 6.45) is 3.47. The topological polar surface area (TPSA) is 41.6 Å². The van der Waals surface area contributed by atoms with Crippen molar-refractivity contribution in [2.45, 2.75) is 13.5 Å². The molecule has 0 saturated carbocycles. The van der Waals surface area contributed by atoms with Gasteiger partial charge >= 0.3 is 6.03 Å². The maximum atomic E-state index is 12.3. The van der Waals surface area contributed by atoms with E-state index in [-0.39, 0.29) is 6.03 Å². The zero-order chi connectivity index (χ0) is 16.5. The number of carbonyl (C=O) groups is 1. The summed E-state index contributed by atoms with van der Waals surface area (Å²) in [6.45, 7) is 3.20. The zero-order valence-electron chi connectivity index (χ0n) is 13.5. The molecule has 0 fully saturated rings. The van der Waals surface area contributed by atoms with Crippen molar-refractivity contribution in [3.8, 4) is 5.75 Å². The van der Waals surface area contributed by atoms with Crippen molar-refractivity contribution in [1.82, 2.24) is 10.2 Å². The molecule has 120 valence electrons. The molecule has 2 rings (SSSR count). The van der Waals surface area contributed by atoms with Crippen LogP contribution in [0.15, 0.2) is 60.8 Å². The molecular weight excluding hydrogens is 288 g/mol. The fraction of sp³-hybridized carbons (Fsp3) is 0.211. The smallest absolute Gasteiger partial charge is 0.321 e. The van der Waals surface area contributed by atoms with Gasteiger partial charge in [-0.1, -0.05) is 48.5 Å². The molecule has 1 N–H and O–H groups in total. The van der Waals surface area contributed by atoms with Gasteiger partial charge in [0, 0.05) is 24.9 Å². The lowest BCUT2D eigenvalue weighted by molar-refractivity contribution is 0.202. The van der Waals surface area contributed by atoms with Gasteiger partial charge in [0.05, 0.1) is 7.11 Å². The Balaban J connectivity index is 1.95. The van der Waals surface area contributed by atoms with Crippen LogP contribution in [0, 0.1) is 0 Å². The number of nitrogens with one attached hydrogen (secondary N) is 1. The summed E-state index contributed by atoms with van der Waals surface area (Å²) >= 11 is 0. The first-order valence-electron chi connectivity index (χ1n) is 7.63. The number of hydrogen-bond acceptors (Lipinski definition) is 2. The van der Waals surface area contributed by atoms with E-state index in [1.165, 1.54) is 0 Å². The molecule has 0 spiro atoms. The van der Waals surface area contributed by atoms with Crippen LogP contribution < -0.4 is 10.1 Å². The summed E-state index contributed by atoms with van der Waals surface area (Å²) in [7, 11) is 1.63. The maximum Gasteiger partial charge on any atom is 0.321 e. The van der Waals surface area contributed by atoms with Gasteiger partial charge in [-0.05, 0) is 24.6 Å². The lowest BCUT2D eigenvalue weighted by Crippen LogP contribution is -2.36. The van der Waals surface area contributed by atoms with Crippen LogP contribution in [0.1, 0.15) is 18.1 Å². The first kappa shape index (κ1) is 16.6. The minimum absolute atomic E-state index is 0.123. The molecule has 0 saturated heterocycles. The molecule has 23 heavy (non-hydrogen) atoms. The second kappa shape index (κ2) is 8.63. The fourth-order valence-electron chi connectivity index (χ4n) is 2.23. The summed E-state index contributed by atoms with van der Waals surface area (Å²) < 4.78 is 5.28. The Morgan fingerprint density at radius 1 is 1.13 bits per heavy atom. The number of urea groups is 1. The normalized spacial score (nSPS) is 10.5. The number of rotatable bonds is 6. The summed E-state index contributed by atoms with van der Waals surface area (Å²) in [4.78, 5) is 14.0. The molecule has 0 bridgehead atoms. The molecule has 0 heterocycles. The van der Waals surface area contributed by atoms with Gasteiger partial charge < -0.3 is 15.0 Å². The molecule has 4 heteroatoms. The summed E-state index contributed by atoms with van der Waals surface area (Å²) in [5, 5.41) is 2.80. The number of methoxy groups -OCH3 is 1. The monoisotopic (exact) mass is 310 g/mol. The van der Waals surface area contributed by atoms with Gasteiger partial charge in [0.15, 0.2) is 0 Å². The standard InChI is InChI=1S/C19H22N2O2/c1-3-21(15-16-9-5-4-6-10-16)19(22)20-14-13-17-11-7-8-12-18(17)23-2/h4-14H,3,15H2,1-2H3,(H,20,22)/b14-13+. The second-order valence-corrected chi connectivity index (χ2v) is 5.02. The molecule has 0 aliphatic rings. The SMILES string of the molecule is CCN(Cc1ccccc1)C(=O)N/C=C/c1ccccc1OC. The van der Waals surface area contributed by atoms with Gasteiger partial charge in [-0.15, -0.1) is 0 Å². The third kappa shape index (κ3) is 4.88. The molecule has 0 unspecified atom stereocenters. The number of para-hydroxylation sites is 1. The summed E-state index contributed by atoms with van der Waals surface area (Å²) in [5.41, 5.74) is 2.03. The van der Waals surface area contributed by atoms with E-state index in [4.69, 9.17) is 4.74 Å². The molecule has 0 aliphatic carbocycles. The largest absolute Gasteiger partial charge is 0.496 e. The highest BCUT2D eigenvalue weighted by Crippen LogP contribution is 2.18. The summed E-state index contributed by atoms with van der Waals surface area (Å²) in [5.74, 6) is 0.773. The quantitative estimate of drug-likeness (QED) is 0.879. The number of hydrogen-bond donors (Lipinski definition) is 1. The maximum absolute atomic E-state index is 12.3. The van der Waals surface area contributed by atoms with E-state index < -0.39 is 0 Å². The van der Waals surface area contributed by atoms with Crippen LogP contribution in [-0.4, -0.2) is 24.6 Å². The van der Waals surface area contributed by atoms with Crippen molar-refractivity contribution in [3.63, 3.8) is 0 Å². The molecule has 2 amide bonds. The Bertz CT molecular complexity index is 653. The highest BCUT2D eigenvalue weighted by Gasteiger charge is 2.10. The number of benzene rings is 2. The number of carbonyl (C=O) groups excluding carboxylic acids is 1. The number of ether oxygens (including phenoxy) is 1. The van der Waals surface area contributed by atoms with Crippen molar-refractivity contribution < 1.29 is 9.53 Å². The highest BCUT2D eigenvalue weighted by atomic mass is 16.5. The van der Waals surface area contributed by atoms with Crippen molar-refractivity contribution >= 4 is 12.1 Å². The van der Waals surface area contributed by atoms with Crippen LogP contribution in [0.5, 0.6) is 5.75 Å². The number of amides is 2. The predicted molar refractivity (Wildman–Crippen MR) is 93.1 cm³/mol. The molecule has 0 atom stereocenters. The molecule has 0 radical (unpaired) electrons. The van der Waals surface area contributed by atoms with Crippen molar-refractivity contribution in [3.05, 3.63) is 71.9 Å². The van der Waals surface area contributed by atoms with Crippen LogP contribution in [0.4, 0.5) is 4.79 Å². The van der Waals surface area contributed by atoms with Gasteiger partial charge in [-0.3, -0.25) is 0 Å². The molecular formula is C19H22N2O2. The van der Waals surface area contributed by atoms with Gasteiger partial charge in [0.25, 0.3) is 0 Å². The summed E-state index contributed by atoms with van der Waals surface area (Å²) in [6, 6.07) is 17.5. The van der Waals surface area contributed by atoms with E-state index in [1.807, 2.05) is 67.6 Å². The Morgan fingerprint density at radius 2 is 1.83 bits per heavy atom. The Kier molecular flexibility index (Phi) is 6.24.